The molecule has 1 heterocycles. The van der Waals surface area contributed by atoms with Gasteiger partial charge in [-0.05, 0) is 37.1 Å². The SMILES string of the molecule is COc1cc(C(C)=O)ccc1OCCCN1CCN(Cc2ccccc2)CC1.O=C(O)C(=O)O. The first-order valence-corrected chi connectivity index (χ1v) is 11.1. The number of ketones is 1. The molecule has 1 aliphatic rings. The highest BCUT2D eigenvalue weighted by Gasteiger charge is 2.16. The molecule has 0 spiro atoms. The number of hydrogen-bond acceptors (Lipinski definition) is 7. The molecule has 9 nitrogen and oxygen atoms in total. The first-order chi connectivity index (χ1) is 16.3. The van der Waals surface area contributed by atoms with Crippen molar-refractivity contribution < 1.29 is 34.1 Å². The van der Waals surface area contributed by atoms with E-state index in [1.807, 2.05) is 6.07 Å². The number of nitrogens with zero attached hydrogens (tertiary/aromatic N) is 2. The van der Waals surface area contributed by atoms with Crippen molar-refractivity contribution in [1.82, 2.24) is 9.80 Å². The molecule has 0 radical (unpaired) electrons. The number of methoxy groups -OCH3 is 1. The molecule has 0 saturated carbocycles. The molecule has 3 rings (SSSR count). The molecule has 1 fully saturated rings. The van der Waals surface area contributed by atoms with Gasteiger partial charge in [0.2, 0.25) is 0 Å². The molecule has 0 bridgehead atoms. The van der Waals surface area contributed by atoms with Gasteiger partial charge in [-0.25, -0.2) is 9.59 Å². The van der Waals surface area contributed by atoms with Crippen LogP contribution in [0.3, 0.4) is 0 Å². The minimum atomic E-state index is -1.82. The number of carbonyl (C=O) groups excluding carboxylic acids is 1. The zero-order valence-corrected chi connectivity index (χ0v) is 19.6. The Morgan fingerprint density at radius 2 is 1.50 bits per heavy atom. The fraction of sp³-hybridized carbons (Fsp3) is 0.400. The highest BCUT2D eigenvalue weighted by Crippen LogP contribution is 2.28. The molecule has 2 aromatic carbocycles. The third-order valence-electron chi connectivity index (χ3n) is 5.34. The van der Waals surface area contributed by atoms with E-state index in [4.69, 9.17) is 29.3 Å². The molecule has 0 amide bonds. The highest BCUT2D eigenvalue weighted by atomic mass is 16.5. The average molecular weight is 473 g/mol. The molecular weight excluding hydrogens is 440 g/mol. The topological polar surface area (TPSA) is 117 Å². The van der Waals surface area contributed by atoms with E-state index in [1.165, 1.54) is 5.56 Å². The second-order valence-electron chi connectivity index (χ2n) is 7.84. The molecule has 0 unspecified atom stereocenters. The number of ether oxygens (including phenoxy) is 2. The number of carboxylic acids is 2. The third kappa shape index (κ3) is 9.21. The summed E-state index contributed by atoms with van der Waals surface area (Å²) in [6, 6.07) is 16.0. The first-order valence-electron chi connectivity index (χ1n) is 11.1. The molecule has 184 valence electrons. The molecule has 0 aliphatic carbocycles. The van der Waals surface area contributed by atoms with Crippen LogP contribution in [-0.2, 0) is 16.1 Å². The van der Waals surface area contributed by atoms with Crippen molar-refractivity contribution >= 4 is 17.7 Å². The monoisotopic (exact) mass is 472 g/mol. The van der Waals surface area contributed by atoms with Crippen LogP contribution in [0.15, 0.2) is 48.5 Å². The number of Topliss-reactive ketones (excluding diaryl/α,β-unsaturated/α-hetero) is 1. The Morgan fingerprint density at radius 3 is 2.06 bits per heavy atom. The van der Waals surface area contributed by atoms with Gasteiger partial charge in [-0.2, -0.15) is 0 Å². The maximum atomic E-state index is 11.5. The maximum Gasteiger partial charge on any atom is 0.414 e. The van der Waals surface area contributed by atoms with Crippen molar-refractivity contribution in [1.29, 1.82) is 0 Å². The predicted octanol–water partition coefficient (Wildman–Crippen LogP) is 2.64. The zero-order chi connectivity index (χ0) is 24.9. The van der Waals surface area contributed by atoms with Crippen LogP contribution >= 0.6 is 0 Å². The highest BCUT2D eigenvalue weighted by molar-refractivity contribution is 6.27. The van der Waals surface area contributed by atoms with Gasteiger partial charge in [0.1, 0.15) is 0 Å². The van der Waals surface area contributed by atoms with Crippen LogP contribution in [0.1, 0.15) is 29.3 Å². The number of benzene rings is 2. The van der Waals surface area contributed by atoms with E-state index in [0.717, 1.165) is 45.7 Å². The molecule has 0 aromatic heterocycles. The van der Waals surface area contributed by atoms with Crippen molar-refractivity contribution in [3.8, 4) is 11.5 Å². The van der Waals surface area contributed by atoms with E-state index in [-0.39, 0.29) is 5.78 Å². The number of hydrogen-bond donors (Lipinski definition) is 2. The number of piperazine rings is 1. The van der Waals surface area contributed by atoms with Crippen LogP contribution < -0.4 is 9.47 Å². The van der Waals surface area contributed by atoms with E-state index < -0.39 is 11.9 Å². The van der Waals surface area contributed by atoms with Gasteiger partial charge in [0, 0.05) is 44.8 Å². The van der Waals surface area contributed by atoms with Gasteiger partial charge >= 0.3 is 11.9 Å². The van der Waals surface area contributed by atoms with Crippen molar-refractivity contribution in [2.45, 2.75) is 19.9 Å². The maximum absolute atomic E-state index is 11.5. The van der Waals surface area contributed by atoms with Crippen LogP contribution in [0.4, 0.5) is 0 Å². The Labute approximate surface area is 199 Å². The second-order valence-corrected chi connectivity index (χ2v) is 7.84. The summed E-state index contributed by atoms with van der Waals surface area (Å²) < 4.78 is 11.2. The molecule has 2 aromatic rings. The molecule has 1 saturated heterocycles. The van der Waals surface area contributed by atoms with Gasteiger partial charge in [0.25, 0.3) is 0 Å². The van der Waals surface area contributed by atoms with Crippen LogP contribution in [0.25, 0.3) is 0 Å². The lowest BCUT2D eigenvalue weighted by atomic mass is 10.1. The molecular formula is C25H32N2O7. The van der Waals surface area contributed by atoms with E-state index in [2.05, 4.69) is 40.1 Å². The van der Waals surface area contributed by atoms with Crippen molar-refractivity contribution in [3.63, 3.8) is 0 Å². The smallest absolute Gasteiger partial charge is 0.414 e. The lowest BCUT2D eigenvalue weighted by Gasteiger charge is -2.34. The number of rotatable bonds is 9. The standard InChI is InChI=1S/C23H30N2O3.C2H2O4/c1-19(26)21-9-10-22(23(17-21)27-2)28-16-6-11-24-12-14-25(15-13-24)18-20-7-4-3-5-8-20;3-1(4)2(5)6/h3-5,7-10,17H,6,11-16,18H2,1-2H3;(H,3,4)(H,5,6). The normalized spacial score (nSPS) is 13.9. The summed E-state index contributed by atoms with van der Waals surface area (Å²) in [6.07, 6.45) is 0.969. The Balaban J connectivity index is 0.000000604. The van der Waals surface area contributed by atoms with Crippen LogP contribution in [-0.4, -0.2) is 84.2 Å². The van der Waals surface area contributed by atoms with Crippen LogP contribution in [0.5, 0.6) is 11.5 Å². The van der Waals surface area contributed by atoms with Crippen molar-refractivity contribution in [2.24, 2.45) is 0 Å². The van der Waals surface area contributed by atoms with Crippen molar-refractivity contribution in [3.05, 3.63) is 59.7 Å². The minimum absolute atomic E-state index is 0.0243. The third-order valence-corrected chi connectivity index (χ3v) is 5.34. The fourth-order valence-corrected chi connectivity index (χ4v) is 3.49. The van der Waals surface area contributed by atoms with Gasteiger partial charge < -0.3 is 24.6 Å². The van der Waals surface area contributed by atoms with E-state index in [9.17, 15) is 4.79 Å². The van der Waals surface area contributed by atoms with E-state index in [1.54, 1.807) is 26.2 Å². The summed E-state index contributed by atoms with van der Waals surface area (Å²) in [5.74, 6) is -2.32. The summed E-state index contributed by atoms with van der Waals surface area (Å²) in [5, 5.41) is 14.8. The van der Waals surface area contributed by atoms with Gasteiger partial charge in [-0.3, -0.25) is 9.69 Å². The molecule has 9 heteroatoms. The molecule has 34 heavy (non-hydrogen) atoms. The van der Waals surface area contributed by atoms with Gasteiger partial charge in [-0.15, -0.1) is 0 Å². The Hall–Kier alpha value is -3.43. The summed E-state index contributed by atoms with van der Waals surface area (Å²) in [5.41, 5.74) is 2.02. The summed E-state index contributed by atoms with van der Waals surface area (Å²) in [6.45, 7) is 8.68. The van der Waals surface area contributed by atoms with E-state index >= 15 is 0 Å². The molecule has 0 atom stereocenters. The fourth-order valence-electron chi connectivity index (χ4n) is 3.49. The van der Waals surface area contributed by atoms with Gasteiger partial charge in [0.05, 0.1) is 13.7 Å². The molecule has 2 N–H and O–H groups in total. The second kappa shape index (κ2) is 14.0. The Bertz CT molecular complexity index is 930. The predicted molar refractivity (Wildman–Crippen MR) is 127 cm³/mol. The largest absolute Gasteiger partial charge is 0.493 e. The van der Waals surface area contributed by atoms with Crippen LogP contribution in [0.2, 0.25) is 0 Å². The quantitative estimate of drug-likeness (QED) is 0.323. The molecule has 1 aliphatic heterocycles. The lowest BCUT2D eigenvalue weighted by Crippen LogP contribution is -2.46. The first kappa shape index (κ1) is 26.8. The zero-order valence-electron chi connectivity index (χ0n) is 19.6. The summed E-state index contributed by atoms with van der Waals surface area (Å²) >= 11 is 0. The number of aliphatic carboxylic acids is 2. The van der Waals surface area contributed by atoms with Crippen LogP contribution in [0, 0.1) is 0 Å². The van der Waals surface area contributed by atoms with E-state index in [0.29, 0.717) is 23.7 Å². The minimum Gasteiger partial charge on any atom is -0.493 e. The average Bonchev–Trinajstić information content (AvgIpc) is 2.83. The number of carbonyl (C=O) groups is 3. The van der Waals surface area contributed by atoms with Crippen molar-refractivity contribution in [2.75, 3.05) is 46.4 Å². The lowest BCUT2D eigenvalue weighted by molar-refractivity contribution is -0.159. The summed E-state index contributed by atoms with van der Waals surface area (Å²) in [4.78, 5) is 34.7. The van der Waals surface area contributed by atoms with Gasteiger partial charge in [-0.1, -0.05) is 30.3 Å². The Morgan fingerprint density at radius 1 is 0.882 bits per heavy atom. The summed E-state index contributed by atoms with van der Waals surface area (Å²) in [7, 11) is 1.60. The Kier molecular flexibility index (Phi) is 11.0. The van der Waals surface area contributed by atoms with Gasteiger partial charge in [0.15, 0.2) is 17.3 Å². The number of carboxylic acid groups (broad SMARTS) is 2.